The molecule has 0 saturated carbocycles. The third kappa shape index (κ3) is 4.06. The first kappa shape index (κ1) is 10.2. The van der Waals surface area contributed by atoms with Crippen molar-refractivity contribution in [2.75, 3.05) is 0 Å². The highest BCUT2D eigenvalue weighted by molar-refractivity contribution is 5.14. The maximum atomic E-state index is 8.58. The van der Waals surface area contributed by atoms with E-state index in [0.29, 0.717) is 0 Å². The standard InChI is InChI=1S/C11H17NO/c1-10(12-13)6-5-9-11-7-3-2-4-8-11/h2-4,7-8,10,12-13H,5-6,9H2,1H3. The molecule has 1 atom stereocenters. The molecule has 0 bridgehead atoms. The number of hydroxylamine groups is 1. The van der Waals surface area contributed by atoms with Gasteiger partial charge in [-0.2, -0.15) is 0 Å². The SMILES string of the molecule is CC(CCCc1ccccc1)NO. The van der Waals surface area contributed by atoms with Gasteiger partial charge in [-0.25, -0.2) is 5.48 Å². The lowest BCUT2D eigenvalue weighted by Crippen LogP contribution is -2.21. The fourth-order valence-electron chi connectivity index (χ4n) is 1.32. The molecule has 0 aliphatic carbocycles. The van der Waals surface area contributed by atoms with Crippen LogP contribution in [0, 0.1) is 0 Å². The van der Waals surface area contributed by atoms with Crippen LogP contribution >= 0.6 is 0 Å². The Morgan fingerprint density at radius 1 is 1.31 bits per heavy atom. The molecule has 2 N–H and O–H groups in total. The molecule has 0 heterocycles. The Kier molecular flexibility index (Phi) is 4.50. The Morgan fingerprint density at radius 2 is 2.00 bits per heavy atom. The van der Waals surface area contributed by atoms with E-state index in [2.05, 4.69) is 29.7 Å². The van der Waals surface area contributed by atoms with Gasteiger partial charge >= 0.3 is 0 Å². The fraction of sp³-hybridized carbons (Fsp3) is 0.455. The lowest BCUT2D eigenvalue weighted by molar-refractivity contribution is 0.128. The van der Waals surface area contributed by atoms with E-state index in [9.17, 15) is 0 Å². The van der Waals surface area contributed by atoms with Gasteiger partial charge in [-0.15, -0.1) is 0 Å². The first-order valence-corrected chi connectivity index (χ1v) is 4.76. The van der Waals surface area contributed by atoms with Gasteiger partial charge in [0.15, 0.2) is 0 Å². The topological polar surface area (TPSA) is 32.3 Å². The van der Waals surface area contributed by atoms with Gasteiger partial charge in [0.1, 0.15) is 0 Å². The van der Waals surface area contributed by atoms with E-state index in [4.69, 9.17) is 5.21 Å². The molecular formula is C11H17NO. The van der Waals surface area contributed by atoms with Gasteiger partial charge in [0.2, 0.25) is 0 Å². The molecule has 0 aliphatic rings. The molecule has 0 aliphatic heterocycles. The van der Waals surface area contributed by atoms with Crippen LogP contribution in [0.5, 0.6) is 0 Å². The van der Waals surface area contributed by atoms with Gasteiger partial charge in [0.05, 0.1) is 0 Å². The normalized spacial score (nSPS) is 12.8. The van der Waals surface area contributed by atoms with Gasteiger partial charge in [-0.1, -0.05) is 30.3 Å². The number of nitrogens with one attached hydrogen (secondary N) is 1. The molecule has 1 unspecified atom stereocenters. The largest absolute Gasteiger partial charge is 0.317 e. The minimum Gasteiger partial charge on any atom is -0.317 e. The van der Waals surface area contributed by atoms with Crippen LogP contribution in [-0.2, 0) is 6.42 Å². The van der Waals surface area contributed by atoms with Crippen molar-refractivity contribution in [3.8, 4) is 0 Å². The van der Waals surface area contributed by atoms with Gasteiger partial charge in [0.25, 0.3) is 0 Å². The number of benzene rings is 1. The van der Waals surface area contributed by atoms with Crippen molar-refractivity contribution in [3.05, 3.63) is 35.9 Å². The maximum Gasteiger partial charge on any atom is 0.0291 e. The van der Waals surface area contributed by atoms with E-state index in [1.165, 1.54) is 5.56 Å². The molecule has 1 aromatic carbocycles. The maximum absolute atomic E-state index is 8.58. The summed E-state index contributed by atoms with van der Waals surface area (Å²) in [5, 5.41) is 8.58. The summed E-state index contributed by atoms with van der Waals surface area (Å²) in [6.07, 6.45) is 3.21. The summed E-state index contributed by atoms with van der Waals surface area (Å²) < 4.78 is 0. The lowest BCUT2D eigenvalue weighted by atomic mass is 10.1. The summed E-state index contributed by atoms with van der Waals surface area (Å²) in [6, 6.07) is 10.6. The highest BCUT2D eigenvalue weighted by Crippen LogP contribution is 2.05. The van der Waals surface area contributed by atoms with E-state index in [1.54, 1.807) is 0 Å². The highest BCUT2D eigenvalue weighted by Gasteiger charge is 1.98. The minimum absolute atomic E-state index is 0.198. The summed E-state index contributed by atoms with van der Waals surface area (Å²) >= 11 is 0. The van der Waals surface area contributed by atoms with Crippen LogP contribution in [-0.4, -0.2) is 11.2 Å². The average molecular weight is 179 g/mol. The molecule has 0 fully saturated rings. The first-order valence-electron chi connectivity index (χ1n) is 4.76. The van der Waals surface area contributed by atoms with E-state index in [-0.39, 0.29) is 6.04 Å². The van der Waals surface area contributed by atoms with Crippen LogP contribution in [0.1, 0.15) is 25.3 Å². The Labute approximate surface area is 79.6 Å². The number of rotatable bonds is 5. The number of hydrogen-bond acceptors (Lipinski definition) is 2. The molecule has 2 heteroatoms. The van der Waals surface area contributed by atoms with Crippen molar-refractivity contribution in [2.24, 2.45) is 0 Å². The van der Waals surface area contributed by atoms with Crippen LogP contribution < -0.4 is 5.48 Å². The Hall–Kier alpha value is -0.860. The molecule has 0 saturated heterocycles. The van der Waals surface area contributed by atoms with Gasteiger partial charge in [0, 0.05) is 6.04 Å². The van der Waals surface area contributed by atoms with Crippen LogP contribution in [0.3, 0.4) is 0 Å². The molecule has 0 spiro atoms. The van der Waals surface area contributed by atoms with Crippen molar-refractivity contribution in [1.29, 1.82) is 0 Å². The Bertz CT molecular complexity index is 223. The second-order valence-corrected chi connectivity index (χ2v) is 3.41. The van der Waals surface area contributed by atoms with Crippen LogP contribution in [0.25, 0.3) is 0 Å². The zero-order chi connectivity index (χ0) is 9.52. The summed E-state index contributed by atoms with van der Waals surface area (Å²) in [4.78, 5) is 0. The minimum atomic E-state index is 0.198. The molecule has 0 radical (unpaired) electrons. The second-order valence-electron chi connectivity index (χ2n) is 3.41. The zero-order valence-electron chi connectivity index (χ0n) is 8.03. The van der Waals surface area contributed by atoms with Gasteiger partial charge in [-0.3, -0.25) is 0 Å². The Balaban J connectivity index is 2.20. The van der Waals surface area contributed by atoms with Crippen LogP contribution in [0.4, 0.5) is 0 Å². The molecule has 0 aromatic heterocycles. The van der Waals surface area contributed by atoms with E-state index in [0.717, 1.165) is 19.3 Å². The van der Waals surface area contributed by atoms with Gasteiger partial charge in [-0.05, 0) is 31.7 Å². The molecular weight excluding hydrogens is 162 g/mol. The first-order chi connectivity index (χ1) is 6.33. The highest BCUT2D eigenvalue weighted by atomic mass is 16.5. The predicted molar refractivity (Wildman–Crippen MR) is 53.8 cm³/mol. The molecule has 2 nitrogen and oxygen atoms in total. The van der Waals surface area contributed by atoms with Crippen molar-refractivity contribution in [1.82, 2.24) is 5.48 Å². The molecule has 13 heavy (non-hydrogen) atoms. The molecule has 72 valence electrons. The third-order valence-corrected chi connectivity index (χ3v) is 2.17. The molecule has 1 rings (SSSR count). The monoisotopic (exact) mass is 179 g/mol. The van der Waals surface area contributed by atoms with Crippen molar-refractivity contribution in [2.45, 2.75) is 32.2 Å². The van der Waals surface area contributed by atoms with Crippen LogP contribution in [0.15, 0.2) is 30.3 Å². The number of aryl methyl sites for hydroxylation is 1. The van der Waals surface area contributed by atoms with E-state index >= 15 is 0 Å². The van der Waals surface area contributed by atoms with Crippen molar-refractivity contribution >= 4 is 0 Å². The quantitative estimate of drug-likeness (QED) is 0.680. The summed E-state index contributed by atoms with van der Waals surface area (Å²) in [5.41, 5.74) is 3.62. The molecule has 0 amide bonds. The average Bonchev–Trinajstić information content (AvgIpc) is 2.19. The van der Waals surface area contributed by atoms with Gasteiger partial charge < -0.3 is 5.21 Å². The summed E-state index contributed by atoms with van der Waals surface area (Å²) in [7, 11) is 0. The third-order valence-electron chi connectivity index (χ3n) is 2.17. The van der Waals surface area contributed by atoms with E-state index < -0.39 is 0 Å². The smallest absolute Gasteiger partial charge is 0.0291 e. The number of hydrogen-bond donors (Lipinski definition) is 2. The van der Waals surface area contributed by atoms with Crippen molar-refractivity contribution in [3.63, 3.8) is 0 Å². The predicted octanol–water partition coefficient (Wildman–Crippen LogP) is 2.38. The second kappa shape index (κ2) is 5.73. The van der Waals surface area contributed by atoms with Crippen molar-refractivity contribution < 1.29 is 5.21 Å². The Morgan fingerprint density at radius 3 is 2.62 bits per heavy atom. The summed E-state index contributed by atoms with van der Waals surface area (Å²) in [5.74, 6) is 0. The zero-order valence-corrected chi connectivity index (χ0v) is 8.03. The fourth-order valence-corrected chi connectivity index (χ4v) is 1.32. The van der Waals surface area contributed by atoms with Crippen LogP contribution in [0.2, 0.25) is 0 Å². The molecule has 1 aromatic rings. The summed E-state index contributed by atoms with van der Waals surface area (Å²) in [6.45, 7) is 1.98. The van der Waals surface area contributed by atoms with E-state index in [1.807, 2.05) is 13.0 Å². The lowest BCUT2D eigenvalue weighted by Gasteiger charge is -2.07.